The molecule has 164 valence electrons. The van der Waals surface area contributed by atoms with Crippen molar-refractivity contribution in [2.75, 3.05) is 0 Å². The van der Waals surface area contributed by atoms with Crippen molar-refractivity contribution in [2.45, 2.75) is 92.3 Å². The summed E-state index contributed by atoms with van der Waals surface area (Å²) in [5, 5.41) is 0. The van der Waals surface area contributed by atoms with Crippen LogP contribution in [0.3, 0.4) is 0 Å². The van der Waals surface area contributed by atoms with E-state index in [2.05, 4.69) is 75.7 Å². The number of benzene rings is 1. The number of hydrogen-bond donors (Lipinski definition) is 0. The molecule has 3 rings (SSSR count). The van der Waals surface area contributed by atoms with Crippen LogP contribution in [0.2, 0.25) is 0 Å². The smallest absolute Gasteiger partial charge is 0.134 e. The number of halogens is 1. The number of rotatable bonds is 6. The van der Waals surface area contributed by atoms with Crippen LogP contribution in [0.4, 0.5) is 0 Å². The zero-order chi connectivity index (χ0) is 21.1. The van der Waals surface area contributed by atoms with Crippen LogP contribution in [0.1, 0.15) is 80.1 Å². The Kier molecular flexibility index (Phi) is 7.98. The lowest BCUT2D eigenvalue weighted by molar-refractivity contribution is 0.0427. The molecule has 0 radical (unpaired) electrons. The first-order chi connectivity index (χ1) is 13.7. The molecule has 2 aliphatic carbocycles. The van der Waals surface area contributed by atoms with Gasteiger partial charge in [-0.3, -0.25) is 0 Å². The molecule has 3 heteroatoms. The van der Waals surface area contributed by atoms with Crippen molar-refractivity contribution in [3.8, 4) is 11.5 Å². The molecule has 2 fully saturated rings. The minimum Gasteiger partial charge on any atom is -0.490 e. The van der Waals surface area contributed by atoms with Gasteiger partial charge < -0.3 is 9.47 Å². The first-order valence-electron chi connectivity index (χ1n) is 11.9. The van der Waals surface area contributed by atoms with Gasteiger partial charge in [-0.25, -0.2) is 0 Å². The summed E-state index contributed by atoms with van der Waals surface area (Å²) in [4.78, 5) is 0. The summed E-state index contributed by atoms with van der Waals surface area (Å²) in [5.74, 6) is 6.04. The van der Waals surface area contributed by atoms with Crippen LogP contribution in [0.25, 0.3) is 0 Å². The highest BCUT2D eigenvalue weighted by atomic mass is 79.9. The third kappa shape index (κ3) is 5.93. The van der Waals surface area contributed by atoms with Crippen LogP contribution in [0, 0.1) is 35.5 Å². The highest BCUT2D eigenvalue weighted by Gasteiger charge is 2.34. The first-order valence-corrected chi connectivity index (χ1v) is 12.7. The van der Waals surface area contributed by atoms with Gasteiger partial charge in [0.15, 0.2) is 0 Å². The van der Waals surface area contributed by atoms with Crippen LogP contribution in [-0.2, 0) is 0 Å². The fraction of sp³-hybridized carbons (Fsp3) is 0.769. The Balaban J connectivity index is 1.69. The van der Waals surface area contributed by atoms with Gasteiger partial charge in [0.1, 0.15) is 23.7 Å². The Bertz CT molecular complexity index is 656. The molecule has 1 aromatic rings. The van der Waals surface area contributed by atoms with Crippen LogP contribution < -0.4 is 9.47 Å². The average molecular weight is 466 g/mol. The summed E-state index contributed by atoms with van der Waals surface area (Å²) in [6, 6.07) is 6.32. The molecule has 0 bridgehead atoms. The van der Waals surface area contributed by atoms with Gasteiger partial charge in [-0.15, -0.1) is 0 Å². The van der Waals surface area contributed by atoms with E-state index < -0.39 is 0 Å². The monoisotopic (exact) mass is 464 g/mol. The molecule has 0 amide bonds. The largest absolute Gasteiger partial charge is 0.490 e. The van der Waals surface area contributed by atoms with E-state index in [1.165, 1.54) is 25.7 Å². The van der Waals surface area contributed by atoms with Crippen molar-refractivity contribution in [1.82, 2.24) is 0 Å². The SMILES string of the molecule is CC(C)[C@@H]1CC[C@@H](C)C[C@H]1Oc1ccc(O[C@@H]2C[C@H](C)CC[C@H]2C(C)C)c(Br)c1. The van der Waals surface area contributed by atoms with Crippen LogP contribution in [0.15, 0.2) is 22.7 Å². The molecule has 0 spiro atoms. The Labute approximate surface area is 187 Å². The van der Waals surface area contributed by atoms with E-state index in [1.807, 2.05) is 0 Å². The van der Waals surface area contributed by atoms with Gasteiger partial charge >= 0.3 is 0 Å². The lowest BCUT2D eigenvalue weighted by Crippen LogP contribution is -2.36. The second kappa shape index (κ2) is 10.1. The highest BCUT2D eigenvalue weighted by molar-refractivity contribution is 9.10. The summed E-state index contributed by atoms with van der Waals surface area (Å²) in [6.45, 7) is 14.0. The molecule has 0 aromatic heterocycles. The average Bonchev–Trinajstić information content (AvgIpc) is 2.63. The van der Waals surface area contributed by atoms with Crippen LogP contribution in [-0.4, -0.2) is 12.2 Å². The maximum Gasteiger partial charge on any atom is 0.134 e. The first kappa shape index (κ1) is 23.0. The van der Waals surface area contributed by atoms with Crippen molar-refractivity contribution in [1.29, 1.82) is 0 Å². The fourth-order valence-electron chi connectivity index (χ4n) is 5.49. The normalized spacial score (nSPS) is 33.1. The maximum absolute atomic E-state index is 6.55. The highest BCUT2D eigenvalue weighted by Crippen LogP contribution is 2.40. The quantitative estimate of drug-likeness (QED) is 0.422. The predicted molar refractivity (Wildman–Crippen MR) is 126 cm³/mol. The van der Waals surface area contributed by atoms with Gasteiger partial charge in [0.2, 0.25) is 0 Å². The van der Waals surface area contributed by atoms with E-state index in [0.717, 1.165) is 40.6 Å². The Morgan fingerprint density at radius 1 is 0.793 bits per heavy atom. The number of ether oxygens (including phenoxy) is 2. The maximum atomic E-state index is 6.55. The second-order valence-corrected chi connectivity index (χ2v) is 11.4. The third-order valence-electron chi connectivity index (χ3n) is 7.39. The third-order valence-corrected chi connectivity index (χ3v) is 8.01. The Morgan fingerprint density at radius 2 is 1.31 bits per heavy atom. The second-order valence-electron chi connectivity index (χ2n) is 10.6. The molecule has 0 unspecified atom stereocenters. The van der Waals surface area contributed by atoms with Crippen LogP contribution in [0.5, 0.6) is 11.5 Å². The van der Waals surface area contributed by atoms with E-state index in [4.69, 9.17) is 9.47 Å². The molecule has 6 atom stereocenters. The standard InChI is InChI=1S/C26H41BrO2/c1-16(2)21-10-7-18(5)13-25(21)28-20-9-12-24(23(27)15-20)29-26-14-19(6)8-11-22(26)17(3)4/h9,12,15-19,21-22,25-26H,7-8,10-11,13-14H2,1-6H3/t18-,19-,21+,22+,25-,26-/m1/s1. The number of hydrogen-bond acceptors (Lipinski definition) is 2. The van der Waals surface area contributed by atoms with Crippen molar-refractivity contribution in [3.05, 3.63) is 22.7 Å². The molecular weight excluding hydrogens is 424 g/mol. The Hall–Kier alpha value is -0.700. The summed E-state index contributed by atoms with van der Waals surface area (Å²) >= 11 is 3.76. The minimum absolute atomic E-state index is 0.311. The van der Waals surface area contributed by atoms with E-state index in [0.29, 0.717) is 35.9 Å². The van der Waals surface area contributed by atoms with Crippen molar-refractivity contribution in [2.24, 2.45) is 35.5 Å². The topological polar surface area (TPSA) is 18.5 Å². The van der Waals surface area contributed by atoms with Crippen molar-refractivity contribution >= 4 is 15.9 Å². The van der Waals surface area contributed by atoms with E-state index in [-0.39, 0.29) is 0 Å². The lowest BCUT2D eigenvalue weighted by Gasteiger charge is -2.38. The van der Waals surface area contributed by atoms with E-state index >= 15 is 0 Å². The molecule has 0 N–H and O–H groups in total. The van der Waals surface area contributed by atoms with Crippen LogP contribution >= 0.6 is 15.9 Å². The zero-order valence-electron chi connectivity index (χ0n) is 19.3. The summed E-state index contributed by atoms with van der Waals surface area (Å²) in [5.41, 5.74) is 0. The molecule has 1 aromatic carbocycles. The molecule has 29 heavy (non-hydrogen) atoms. The van der Waals surface area contributed by atoms with E-state index in [9.17, 15) is 0 Å². The predicted octanol–water partition coefficient (Wildman–Crippen LogP) is 8.13. The molecule has 0 aliphatic heterocycles. The van der Waals surface area contributed by atoms with Gasteiger partial charge in [0, 0.05) is 0 Å². The summed E-state index contributed by atoms with van der Waals surface area (Å²) in [7, 11) is 0. The molecule has 0 saturated heterocycles. The van der Waals surface area contributed by atoms with Crippen molar-refractivity contribution in [3.63, 3.8) is 0 Å². The van der Waals surface area contributed by atoms with Gasteiger partial charge in [-0.05, 0) is 95.3 Å². The van der Waals surface area contributed by atoms with Crippen molar-refractivity contribution < 1.29 is 9.47 Å². The lowest BCUT2D eigenvalue weighted by atomic mass is 9.75. The molecule has 0 heterocycles. The fourth-order valence-corrected chi connectivity index (χ4v) is 5.94. The summed E-state index contributed by atoms with van der Waals surface area (Å²) < 4.78 is 14.1. The molecular formula is C26H41BrO2. The van der Waals surface area contributed by atoms with Gasteiger partial charge in [-0.1, -0.05) is 54.4 Å². The van der Waals surface area contributed by atoms with E-state index in [1.54, 1.807) is 0 Å². The molecule has 2 saturated carbocycles. The Morgan fingerprint density at radius 3 is 1.79 bits per heavy atom. The van der Waals surface area contributed by atoms with Gasteiger partial charge in [0.05, 0.1) is 4.47 Å². The van der Waals surface area contributed by atoms with Gasteiger partial charge in [0.25, 0.3) is 0 Å². The molecule has 2 aliphatic rings. The molecule has 2 nitrogen and oxygen atoms in total. The minimum atomic E-state index is 0.311. The van der Waals surface area contributed by atoms with Gasteiger partial charge in [-0.2, -0.15) is 0 Å². The zero-order valence-corrected chi connectivity index (χ0v) is 20.9. The summed E-state index contributed by atoms with van der Waals surface area (Å²) in [6.07, 6.45) is 8.16.